The molecule has 1 aliphatic rings. The Morgan fingerprint density at radius 1 is 1.39 bits per heavy atom. The summed E-state index contributed by atoms with van der Waals surface area (Å²) in [5, 5.41) is 7.64. The first-order valence-corrected chi connectivity index (χ1v) is 7.26. The van der Waals surface area contributed by atoms with Crippen LogP contribution in [0.2, 0.25) is 0 Å². The lowest BCUT2D eigenvalue weighted by Gasteiger charge is -2.16. The van der Waals surface area contributed by atoms with Crippen LogP contribution in [0.4, 0.5) is 0 Å². The molecule has 0 bridgehead atoms. The Labute approximate surface area is 110 Å². The van der Waals surface area contributed by atoms with Crippen molar-refractivity contribution in [3.05, 3.63) is 11.7 Å². The molecule has 2 rings (SSSR count). The molecule has 1 fully saturated rings. The summed E-state index contributed by atoms with van der Waals surface area (Å²) < 4.78 is 5.46. The molecule has 1 aromatic rings. The standard InChI is InChI=1S/C14H25N3O/c1-4-15-12-7-5-6-11(12)14-16-13(17-18-14)9-8-10(2)3/h10-12,15H,4-9H2,1-3H3. The molecule has 102 valence electrons. The molecule has 4 nitrogen and oxygen atoms in total. The summed E-state index contributed by atoms with van der Waals surface area (Å²) in [5.41, 5.74) is 0. The van der Waals surface area contributed by atoms with Crippen LogP contribution >= 0.6 is 0 Å². The second kappa shape index (κ2) is 6.32. The molecule has 0 saturated heterocycles. The molecule has 1 aliphatic carbocycles. The fourth-order valence-corrected chi connectivity index (χ4v) is 2.70. The molecule has 1 heterocycles. The molecule has 1 saturated carbocycles. The van der Waals surface area contributed by atoms with Gasteiger partial charge in [0.2, 0.25) is 5.89 Å². The Hall–Kier alpha value is -0.900. The SMILES string of the molecule is CCNC1CCCC1c1nc(CCC(C)C)no1. The smallest absolute Gasteiger partial charge is 0.231 e. The van der Waals surface area contributed by atoms with E-state index >= 15 is 0 Å². The van der Waals surface area contributed by atoms with Crippen molar-refractivity contribution in [2.24, 2.45) is 5.92 Å². The molecule has 0 amide bonds. The van der Waals surface area contributed by atoms with Crippen LogP contribution in [0, 0.1) is 5.92 Å². The minimum absolute atomic E-state index is 0.422. The Balaban J connectivity index is 1.96. The van der Waals surface area contributed by atoms with Crippen LogP contribution in [0.25, 0.3) is 0 Å². The normalized spacial score (nSPS) is 24.0. The van der Waals surface area contributed by atoms with Gasteiger partial charge in [-0.3, -0.25) is 0 Å². The summed E-state index contributed by atoms with van der Waals surface area (Å²) in [6, 6.07) is 0.522. The second-order valence-corrected chi connectivity index (χ2v) is 5.68. The average molecular weight is 251 g/mol. The molecule has 0 spiro atoms. The lowest BCUT2D eigenvalue weighted by atomic mass is 10.0. The molecule has 0 aromatic carbocycles. The van der Waals surface area contributed by atoms with Gasteiger partial charge in [-0.25, -0.2) is 0 Å². The number of hydrogen-bond donors (Lipinski definition) is 1. The number of aromatic nitrogens is 2. The third-order valence-corrected chi connectivity index (χ3v) is 3.73. The number of likely N-dealkylation sites (N-methyl/N-ethyl adjacent to an activating group) is 1. The predicted octanol–water partition coefficient (Wildman–Crippen LogP) is 2.90. The van der Waals surface area contributed by atoms with Gasteiger partial charge < -0.3 is 9.84 Å². The number of hydrogen-bond acceptors (Lipinski definition) is 4. The van der Waals surface area contributed by atoms with Crippen molar-refractivity contribution in [3.8, 4) is 0 Å². The summed E-state index contributed by atoms with van der Waals surface area (Å²) >= 11 is 0. The number of nitrogens with zero attached hydrogens (tertiary/aromatic N) is 2. The van der Waals surface area contributed by atoms with Crippen LogP contribution in [-0.4, -0.2) is 22.7 Å². The van der Waals surface area contributed by atoms with Crippen molar-refractivity contribution in [2.75, 3.05) is 6.54 Å². The molecular formula is C14H25N3O. The van der Waals surface area contributed by atoms with Crippen LogP contribution in [-0.2, 0) is 6.42 Å². The van der Waals surface area contributed by atoms with E-state index in [0.29, 0.717) is 17.9 Å². The zero-order chi connectivity index (χ0) is 13.0. The van der Waals surface area contributed by atoms with Gasteiger partial charge in [0.25, 0.3) is 0 Å². The largest absolute Gasteiger partial charge is 0.339 e. The van der Waals surface area contributed by atoms with Gasteiger partial charge in [0.1, 0.15) is 0 Å². The molecule has 2 atom stereocenters. The fourth-order valence-electron chi connectivity index (χ4n) is 2.70. The maximum atomic E-state index is 5.46. The van der Waals surface area contributed by atoms with Gasteiger partial charge in [-0.1, -0.05) is 32.3 Å². The van der Waals surface area contributed by atoms with Crippen molar-refractivity contribution >= 4 is 0 Å². The summed E-state index contributed by atoms with van der Waals surface area (Å²) in [5.74, 6) is 2.83. The molecule has 2 unspecified atom stereocenters. The van der Waals surface area contributed by atoms with E-state index in [1.165, 1.54) is 19.3 Å². The summed E-state index contributed by atoms with van der Waals surface area (Å²) in [7, 11) is 0. The van der Waals surface area contributed by atoms with Crippen molar-refractivity contribution in [1.82, 2.24) is 15.5 Å². The van der Waals surface area contributed by atoms with Crippen LogP contribution in [0.1, 0.15) is 64.1 Å². The summed E-state index contributed by atoms with van der Waals surface area (Å²) in [4.78, 5) is 4.58. The molecule has 1 aromatic heterocycles. The second-order valence-electron chi connectivity index (χ2n) is 5.68. The van der Waals surface area contributed by atoms with Crippen LogP contribution in [0.5, 0.6) is 0 Å². The van der Waals surface area contributed by atoms with Crippen LogP contribution in [0.15, 0.2) is 4.52 Å². The van der Waals surface area contributed by atoms with E-state index in [4.69, 9.17) is 4.52 Å². The van der Waals surface area contributed by atoms with Crippen molar-refractivity contribution in [3.63, 3.8) is 0 Å². The minimum atomic E-state index is 0.422. The van der Waals surface area contributed by atoms with Gasteiger partial charge in [0, 0.05) is 12.5 Å². The van der Waals surface area contributed by atoms with Crippen molar-refractivity contribution < 1.29 is 4.52 Å². The quantitative estimate of drug-likeness (QED) is 0.844. The monoisotopic (exact) mass is 251 g/mol. The molecule has 1 N–H and O–H groups in total. The zero-order valence-corrected chi connectivity index (χ0v) is 11.8. The number of aryl methyl sites for hydroxylation is 1. The van der Waals surface area contributed by atoms with Crippen molar-refractivity contribution in [2.45, 2.75) is 64.8 Å². The highest BCUT2D eigenvalue weighted by molar-refractivity contribution is 5.03. The van der Waals surface area contributed by atoms with Gasteiger partial charge in [0.05, 0.1) is 5.92 Å². The lowest BCUT2D eigenvalue weighted by Crippen LogP contribution is -2.31. The van der Waals surface area contributed by atoms with Gasteiger partial charge in [-0.15, -0.1) is 0 Å². The highest BCUT2D eigenvalue weighted by atomic mass is 16.5. The Bertz CT molecular complexity index is 362. The predicted molar refractivity (Wildman–Crippen MR) is 71.5 cm³/mol. The number of nitrogens with one attached hydrogen (secondary N) is 1. The van der Waals surface area contributed by atoms with E-state index in [9.17, 15) is 0 Å². The third kappa shape index (κ3) is 3.31. The van der Waals surface area contributed by atoms with Crippen LogP contribution < -0.4 is 5.32 Å². The fraction of sp³-hybridized carbons (Fsp3) is 0.857. The first-order valence-electron chi connectivity index (χ1n) is 7.26. The van der Waals surface area contributed by atoms with Crippen LogP contribution in [0.3, 0.4) is 0 Å². The molecule has 0 radical (unpaired) electrons. The topological polar surface area (TPSA) is 51.0 Å². The van der Waals surface area contributed by atoms with E-state index in [0.717, 1.165) is 31.1 Å². The Morgan fingerprint density at radius 2 is 2.22 bits per heavy atom. The molecule has 0 aliphatic heterocycles. The highest BCUT2D eigenvalue weighted by Crippen LogP contribution is 2.33. The summed E-state index contributed by atoms with van der Waals surface area (Å²) in [6.45, 7) is 7.60. The van der Waals surface area contributed by atoms with Gasteiger partial charge in [-0.2, -0.15) is 4.98 Å². The molecule has 18 heavy (non-hydrogen) atoms. The lowest BCUT2D eigenvalue weighted by molar-refractivity contribution is 0.328. The van der Waals surface area contributed by atoms with E-state index < -0.39 is 0 Å². The first kappa shape index (κ1) is 13.5. The minimum Gasteiger partial charge on any atom is -0.339 e. The van der Waals surface area contributed by atoms with E-state index in [2.05, 4.69) is 36.2 Å². The van der Waals surface area contributed by atoms with Gasteiger partial charge in [0.15, 0.2) is 5.82 Å². The highest BCUT2D eigenvalue weighted by Gasteiger charge is 2.32. The van der Waals surface area contributed by atoms with Gasteiger partial charge >= 0.3 is 0 Å². The first-order chi connectivity index (χ1) is 8.70. The molecule has 4 heteroatoms. The summed E-state index contributed by atoms with van der Waals surface area (Å²) in [6.07, 6.45) is 5.71. The maximum Gasteiger partial charge on any atom is 0.231 e. The van der Waals surface area contributed by atoms with Gasteiger partial charge in [-0.05, 0) is 31.7 Å². The van der Waals surface area contributed by atoms with E-state index in [-0.39, 0.29) is 0 Å². The Morgan fingerprint density at radius 3 is 2.94 bits per heavy atom. The average Bonchev–Trinajstić information content (AvgIpc) is 2.94. The zero-order valence-electron chi connectivity index (χ0n) is 11.8. The van der Waals surface area contributed by atoms with E-state index in [1.54, 1.807) is 0 Å². The maximum absolute atomic E-state index is 5.46. The third-order valence-electron chi connectivity index (χ3n) is 3.73. The van der Waals surface area contributed by atoms with E-state index in [1.807, 2.05) is 0 Å². The Kier molecular flexibility index (Phi) is 4.75. The molecular weight excluding hydrogens is 226 g/mol. The van der Waals surface area contributed by atoms with Crippen molar-refractivity contribution in [1.29, 1.82) is 0 Å². The number of rotatable bonds is 6.